The summed E-state index contributed by atoms with van der Waals surface area (Å²) in [7, 11) is 1.58. The Morgan fingerprint density at radius 2 is 1.51 bits per heavy atom. The van der Waals surface area contributed by atoms with E-state index in [1.165, 1.54) is 18.2 Å². The minimum Gasteiger partial charge on any atom is -0.493 e. The standard InChI is InChI=1S/C26H21ClN2O6/c1-33-22-4-2-3-5-23(22)35-15-14-34-20-12-6-17(7-13-20)16-21-24(30)28-26(32)29(25(21)31)19-10-8-18(27)9-11-19/h2-13,16H,14-15H2,1H3,(H,28,30,32)/b21-16-. The highest BCUT2D eigenvalue weighted by Crippen LogP contribution is 2.26. The maximum atomic E-state index is 12.9. The summed E-state index contributed by atoms with van der Waals surface area (Å²) in [5, 5.41) is 2.65. The Hall–Kier alpha value is -4.30. The van der Waals surface area contributed by atoms with Gasteiger partial charge in [-0.05, 0) is 60.2 Å². The highest BCUT2D eigenvalue weighted by molar-refractivity contribution is 6.39. The Morgan fingerprint density at radius 3 is 2.20 bits per heavy atom. The van der Waals surface area contributed by atoms with Gasteiger partial charge in [-0.15, -0.1) is 0 Å². The van der Waals surface area contributed by atoms with Crippen molar-refractivity contribution in [1.29, 1.82) is 0 Å². The van der Waals surface area contributed by atoms with Crippen molar-refractivity contribution in [1.82, 2.24) is 5.32 Å². The van der Waals surface area contributed by atoms with Gasteiger partial charge in [0.25, 0.3) is 11.8 Å². The number of hydrogen-bond acceptors (Lipinski definition) is 6. The third-order valence-corrected chi connectivity index (χ3v) is 5.31. The van der Waals surface area contributed by atoms with Crippen molar-refractivity contribution < 1.29 is 28.6 Å². The number of para-hydroxylation sites is 2. The number of urea groups is 1. The maximum absolute atomic E-state index is 12.9. The molecule has 0 saturated carbocycles. The van der Waals surface area contributed by atoms with Crippen molar-refractivity contribution in [3.8, 4) is 17.2 Å². The van der Waals surface area contributed by atoms with E-state index < -0.39 is 17.8 Å². The number of hydrogen-bond donors (Lipinski definition) is 1. The van der Waals surface area contributed by atoms with Gasteiger partial charge in [0.1, 0.15) is 24.5 Å². The second-order valence-corrected chi connectivity index (χ2v) is 7.79. The summed E-state index contributed by atoms with van der Waals surface area (Å²) >= 11 is 5.88. The number of carbonyl (C=O) groups is 3. The SMILES string of the molecule is COc1ccccc1OCCOc1ccc(/C=C2/C(=O)NC(=O)N(c3ccc(Cl)cc3)C2=O)cc1. The number of anilines is 1. The van der Waals surface area contributed by atoms with E-state index in [0.29, 0.717) is 46.7 Å². The Morgan fingerprint density at radius 1 is 0.857 bits per heavy atom. The highest BCUT2D eigenvalue weighted by Gasteiger charge is 2.36. The van der Waals surface area contributed by atoms with Crippen LogP contribution in [-0.4, -0.2) is 38.2 Å². The number of imide groups is 2. The fourth-order valence-electron chi connectivity index (χ4n) is 3.36. The van der Waals surface area contributed by atoms with E-state index in [1.807, 2.05) is 24.3 Å². The van der Waals surface area contributed by atoms with E-state index in [2.05, 4.69) is 5.32 Å². The summed E-state index contributed by atoms with van der Waals surface area (Å²) in [6, 6.07) is 19.5. The van der Waals surface area contributed by atoms with Gasteiger partial charge in [-0.1, -0.05) is 35.9 Å². The first kappa shape index (κ1) is 23.8. The van der Waals surface area contributed by atoms with Gasteiger partial charge in [0, 0.05) is 5.02 Å². The summed E-state index contributed by atoms with van der Waals surface area (Å²) in [6.07, 6.45) is 1.42. The van der Waals surface area contributed by atoms with Gasteiger partial charge in [-0.3, -0.25) is 14.9 Å². The molecule has 0 bridgehead atoms. The second-order valence-electron chi connectivity index (χ2n) is 7.35. The summed E-state index contributed by atoms with van der Waals surface area (Å²) < 4.78 is 16.6. The van der Waals surface area contributed by atoms with Crippen molar-refractivity contribution >= 4 is 41.2 Å². The zero-order chi connectivity index (χ0) is 24.8. The van der Waals surface area contributed by atoms with E-state index in [0.717, 1.165) is 4.90 Å². The van der Waals surface area contributed by atoms with Gasteiger partial charge in [0.2, 0.25) is 0 Å². The quantitative estimate of drug-likeness (QED) is 0.283. The number of nitrogens with one attached hydrogen (secondary N) is 1. The Kier molecular flexibility index (Phi) is 7.32. The van der Waals surface area contributed by atoms with Crippen LogP contribution in [0.15, 0.2) is 78.4 Å². The molecular formula is C26H21ClN2O6. The van der Waals surface area contributed by atoms with Crippen LogP contribution in [0.25, 0.3) is 6.08 Å². The molecule has 3 aromatic carbocycles. The first-order chi connectivity index (χ1) is 17.0. The average Bonchev–Trinajstić information content (AvgIpc) is 2.86. The van der Waals surface area contributed by atoms with E-state index in [4.69, 9.17) is 25.8 Å². The average molecular weight is 493 g/mol. The number of rotatable bonds is 8. The fraction of sp³-hybridized carbons (Fsp3) is 0.115. The third kappa shape index (κ3) is 5.62. The number of halogens is 1. The number of amides is 4. The lowest BCUT2D eigenvalue weighted by Gasteiger charge is -2.26. The summed E-state index contributed by atoms with van der Waals surface area (Å²) in [4.78, 5) is 38.4. The lowest BCUT2D eigenvalue weighted by molar-refractivity contribution is -0.122. The Labute approximate surface area is 206 Å². The molecule has 1 aliphatic rings. The second kappa shape index (κ2) is 10.8. The summed E-state index contributed by atoms with van der Waals surface area (Å²) in [5.41, 5.74) is 0.722. The van der Waals surface area contributed by atoms with Crippen LogP contribution in [-0.2, 0) is 9.59 Å². The fourth-order valence-corrected chi connectivity index (χ4v) is 3.48. The number of benzene rings is 3. The molecule has 0 radical (unpaired) electrons. The largest absolute Gasteiger partial charge is 0.493 e. The number of barbiturate groups is 1. The van der Waals surface area contributed by atoms with E-state index in [-0.39, 0.29) is 5.57 Å². The van der Waals surface area contributed by atoms with Gasteiger partial charge < -0.3 is 14.2 Å². The van der Waals surface area contributed by atoms with Crippen LogP contribution < -0.4 is 24.4 Å². The molecule has 0 spiro atoms. The van der Waals surface area contributed by atoms with E-state index >= 15 is 0 Å². The zero-order valence-corrected chi connectivity index (χ0v) is 19.5. The van der Waals surface area contributed by atoms with E-state index in [1.54, 1.807) is 43.5 Å². The Bertz CT molecular complexity index is 1270. The lowest BCUT2D eigenvalue weighted by atomic mass is 10.1. The molecular weight excluding hydrogens is 472 g/mol. The number of methoxy groups -OCH3 is 1. The number of carbonyl (C=O) groups excluding carboxylic acids is 3. The third-order valence-electron chi connectivity index (χ3n) is 5.06. The summed E-state index contributed by atoms with van der Waals surface area (Å²) in [5.74, 6) is 0.367. The van der Waals surface area contributed by atoms with Crippen LogP contribution in [0.3, 0.4) is 0 Å². The topological polar surface area (TPSA) is 94.2 Å². The molecule has 4 rings (SSSR count). The van der Waals surface area contributed by atoms with Crippen LogP contribution in [0.4, 0.5) is 10.5 Å². The highest BCUT2D eigenvalue weighted by atomic mass is 35.5. The normalized spacial score (nSPS) is 14.6. The predicted octanol–water partition coefficient (Wildman–Crippen LogP) is 4.47. The van der Waals surface area contributed by atoms with Crippen LogP contribution >= 0.6 is 11.6 Å². The Balaban J connectivity index is 1.40. The minimum atomic E-state index is -0.821. The van der Waals surface area contributed by atoms with Crippen molar-refractivity contribution in [2.75, 3.05) is 25.2 Å². The van der Waals surface area contributed by atoms with E-state index in [9.17, 15) is 14.4 Å². The smallest absolute Gasteiger partial charge is 0.335 e. The lowest BCUT2D eigenvalue weighted by Crippen LogP contribution is -2.54. The first-order valence-corrected chi connectivity index (χ1v) is 11.0. The zero-order valence-electron chi connectivity index (χ0n) is 18.7. The van der Waals surface area contributed by atoms with Crippen molar-refractivity contribution in [3.63, 3.8) is 0 Å². The molecule has 35 heavy (non-hydrogen) atoms. The monoisotopic (exact) mass is 492 g/mol. The van der Waals surface area contributed by atoms with Crippen LogP contribution in [0, 0.1) is 0 Å². The van der Waals surface area contributed by atoms with Crippen molar-refractivity contribution in [2.45, 2.75) is 0 Å². The number of nitrogens with zero attached hydrogens (tertiary/aromatic N) is 1. The van der Waals surface area contributed by atoms with Gasteiger partial charge in [0.05, 0.1) is 12.8 Å². The van der Waals surface area contributed by atoms with Crippen LogP contribution in [0.5, 0.6) is 17.2 Å². The van der Waals surface area contributed by atoms with Crippen molar-refractivity contribution in [3.05, 3.63) is 89.0 Å². The molecule has 1 heterocycles. The molecule has 0 atom stereocenters. The van der Waals surface area contributed by atoms with Gasteiger partial charge >= 0.3 is 6.03 Å². The molecule has 3 aromatic rings. The van der Waals surface area contributed by atoms with Crippen LogP contribution in [0.2, 0.25) is 5.02 Å². The molecule has 0 aliphatic carbocycles. The van der Waals surface area contributed by atoms with Gasteiger partial charge in [0.15, 0.2) is 11.5 Å². The van der Waals surface area contributed by atoms with Gasteiger partial charge in [-0.25, -0.2) is 9.69 Å². The first-order valence-electron chi connectivity index (χ1n) is 10.6. The molecule has 1 N–H and O–H groups in total. The molecule has 1 fully saturated rings. The molecule has 4 amide bonds. The van der Waals surface area contributed by atoms with Crippen molar-refractivity contribution in [2.24, 2.45) is 0 Å². The molecule has 1 saturated heterocycles. The molecule has 9 heteroatoms. The predicted molar refractivity (Wildman–Crippen MR) is 131 cm³/mol. The molecule has 8 nitrogen and oxygen atoms in total. The molecule has 0 aromatic heterocycles. The molecule has 1 aliphatic heterocycles. The minimum absolute atomic E-state index is 0.168. The van der Waals surface area contributed by atoms with Gasteiger partial charge in [-0.2, -0.15) is 0 Å². The summed E-state index contributed by atoms with van der Waals surface area (Å²) in [6.45, 7) is 0.618. The van der Waals surface area contributed by atoms with Crippen LogP contribution in [0.1, 0.15) is 5.56 Å². The molecule has 178 valence electrons. The molecule has 0 unspecified atom stereocenters. The number of ether oxygens (including phenoxy) is 3. The maximum Gasteiger partial charge on any atom is 0.335 e.